The van der Waals surface area contributed by atoms with Gasteiger partial charge in [-0.25, -0.2) is 0 Å². The predicted octanol–water partition coefficient (Wildman–Crippen LogP) is 4.20. The molecule has 2 aromatic heterocycles. The van der Waals surface area contributed by atoms with E-state index >= 15 is 0 Å². The van der Waals surface area contributed by atoms with Crippen LogP contribution in [0.25, 0.3) is 11.4 Å². The smallest absolute Gasteiger partial charge is 0.223 e. The molecule has 0 N–H and O–H groups in total. The van der Waals surface area contributed by atoms with Crippen LogP contribution in [0.2, 0.25) is 0 Å². The van der Waals surface area contributed by atoms with Crippen LogP contribution < -0.4 is 4.74 Å². The number of benzene rings is 1. The summed E-state index contributed by atoms with van der Waals surface area (Å²) < 4.78 is 21.7. The Bertz CT molecular complexity index is 862. The number of hydrogen-bond acceptors (Lipinski definition) is 7. The predicted molar refractivity (Wildman–Crippen MR) is 99.6 cm³/mol. The first-order valence-corrected chi connectivity index (χ1v) is 9.13. The van der Waals surface area contributed by atoms with E-state index in [4.69, 9.17) is 18.5 Å². The lowest BCUT2D eigenvalue weighted by molar-refractivity contribution is 0.128. The van der Waals surface area contributed by atoms with E-state index in [-0.39, 0.29) is 0 Å². The Morgan fingerprint density at radius 2 is 1.78 bits per heavy atom. The van der Waals surface area contributed by atoms with Crippen LogP contribution in [0.5, 0.6) is 5.75 Å². The Hall–Kier alpha value is -2.67. The van der Waals surface area contributed by atoms with E-state index in [1.807, 2.05) is 39.0 Å². The second kappa shape index (κ2) is 8.81. The van der Waals surface area contributed by atoms with Crippen LogP contribution in [0.3, 0.4) is 0 Å². The number of hydrogen-bond donors (Lipinski definition) is 0. The molecule has 0 amide bonds. The number of aryl methyl sites for hydroxylation is 4. The standard InChI is InChI=1S/C20H25N3O4/c1-5-24-12-17-11-18(27-22-17)7-6-8-25-19-13(2)9-16(10-14(19)3)20-21-15(4)26-23-20/h9-11H,5-8,12H2,1-4H3. The molecule has 0 unspecified atom stereocenters. The molecule has 0 spiro atoms. The third kappa shape index (κ3) is 4.95. The van der Waals surface area contributed by atoms with Gasteiger partial charge in [0.25, 0.3) is 0 Å². The maximum Gasteiger partial charge on any atom is 0.223 e. The fraction of sp³-hybridized carbons (Fsp3) is 0.450. The normalized spacial score (nSPS) is 11.1. The Kier molecular flexibility index (Phi) is 6.24. The van der Waals surface area contributed by atoms with E-state index in [0.717, 1.165) is 46.7 Å². The first-order valence-electron chi connectivity index (χ1n) is 9.13. The summed E-state index contributed by atoms with van der Waals surface area (Å²) >= 11 is 0. The van der Waals surface area contributed by atoms with E-state index in [0.29, 0.717) is 31.5 Å². The van der Waals surface area contributed by atoms with Crippen molar-refractivity contribution >= 4 is 0 Å². The van der Waals surface area contributed by atoms with Crippen molar-refractivity contribution in [1.29, 1.82) is 0 Å². The molecule has 3 aromatic rings. The monoisotopic (exact) mass is 371 g/mol. The first kappa shape index (κ1) is 19.1. The molecule has 0 saturated heterocycles. The van der Waals surface area contributed by atoms with Crippen LogP contribution in [-0.2, 0) is 17.8 Å². The Balaban J connectivity index is 1.54. The van der Waals surface area contributed by atoms with E-state index in [2.05, 4.69) is 15.3 Å². The van der Waals surface area contributed by atoms with Gasteiger partial charge >= 0.3 is 0 Å². The molecule has 0 atom stereocenters. The van der Waals surface area contributed by atoms with Gasteiger partial charge in [0.2, 0.25) is 11.7 Å². The fourth-order valence-electron chi connectivity index (χ4n) is 2.89. The summed E-state index contributed by atoms with van der Waals surface area (Å²) in [6, 6.07) is 5.97. The maximum atomic E-state index is 6.01. The van der Waals surface area contributed by atoms with Gasteiger partial charge in [-0.1, -0.05) is 10.3 Å². The lowest BCUT2D eigenvalue weighted by Gasteiger charge is -2.13. The molecule has 0 bridgehead atoms. The van der Waals surface area contributed by atoms with Gasteiger partial charge in [-0.2, -0.15) is 4.98 Å². The zero-order chi connectivity index (χ0) is 19.2. The highest BCUT2D eigenvalue weighted by atomic mass is 16.5. The van der Waals surface area contributed by atoms with E-state index < -0.39 is 0 Å². The summed E-state index contributed by atoms with van der Waals surface area (Å²) in [5.41, 5.74) is 3.85. The minimum Gasteiger partial charge on any atom is -0.493 e. The molecule has 1 aromatic carbocycles. The Morgan fingerprint density at radius 3 is 2.44 bits per heavy atom. The van der Waals surface area contributed by atoms with Gasteiger partial charge in [-0.3, -0.25) is 0 Å². The van der Waals surface area contributed by atoms with Crippen molar-refractivity contribution in [3.05, 3.63) is 46.7 Å². The average Bonchev–Trinajstić information content (AvgIpc) is 3.27. The largest absolute Gasteiger partial charge is 0.493 e. The van der Waals surface area contributed by atoms with E-state index in [9.17, 15) is 0 Å². The van der Waals surface area contributed by atoms with Gasteiger partial charge in [0.15, 0.2) is 0 Å². The third-order valence-electron chi connectivity index (χ3n) is 4.12. The highest BCUT2D eigenvalue weighted by Crippen LogP contribution is 2.29. The quantitative estimate of drug-likeness (QED) is 0.521. The van der Waals surface area contributed by atoms with Crippen molar-refractivity contribution < 1.29 is 18.5 Å². The molecule has 7 heteroatoms. The molecule has 0 aliphatic carbocycles. The second-order valence-corrected chi connectivity index (χ2v) is 6.45. The lowest BCUT2D eigenvalue weighted by Crippen LogP contribution is -2.02. The topological polar surface area (TPSA) is 83.4 Å². The van der Waals surface area contributed by atoms with Gasteiger partial charge in [-0.15, -0.1) is 0 Å². The molecular formula is C20H25N3O4. The van der Waals surface area contributed by atoms with Crippen molar-refractivity contribution in [2.24, 2.45) is 0 Å². The molecule has 3 rings (SSSR count). The first-order chi connectivity index (χ1) is 13.1. The average molecular weight is 371 g/mol. The molecule has 2 heterocycles. The molecular weight excluding hydrogens is 346 g/mol. The van der Waals surface area contributed by atoms with Crippen molar-refractivity contribution in [2.75, 3.05) is 13.2 Å². The molecule has 0 aliphatic heterocycles. The molecule has 144 valence electrons. The van der Waals surface area contributed by atoms with Crippen molar-refractivity contribution in [1.82, 2.24) is 15.3 Å². The van der Waals surface area contributed by atoms with Crippen LogP contribution in [0, 0.1) is 20.8 Å². The van der Waals surface area contributed by atoms with Gasteiger partial charge in [0.1, 0.15) is 17.2 Å². The third-order valence-corrected chi connectivity index (χ3v) is 4.12. The highest BCUT2D eigenvalue weighted by Gasteiger charge is 2.12. The highest BCUT2D eigenvalue weighted by molar-refractivity contribution is 5.60. The van der Waals surface area contributed by atoms with Crippen molar-refractivity contribution in [3.8, 4) is 17.1 Å². The zero-order valence-electron chi connectivity index (χ0n) is 16.2. The number of aromatic nitrogens is 3. The summed E-state index contributed by atoms with van der Waals surface area (Å²) in [5.74, 6) is 2.90. The lowest BCUT2D eigenvalue weighted by atomic mass is 10.1. The van der Waals surface area contributed by atoms with Crippen molar-refractivity contribution in [3.63, 3.8) is 0 Å². The Labute approximate surface area is 158 Å². The van der Waals surface area contributed by atoms with Crippen LogP contribution in [0.1, 0.15) is 41.8 Å². The minimum atomic E-state index is 0.487. The van der Waals surface area contributed by atoms with Crippen LogP contribution in [-0.4, -0.2) is 28.5 Å². The molecule has 0 saturated carbocycles. The van der Waals surface area contributed by atoms with E-state index in [1.54, 1.807) is 6.92 Å². The number of nitrogens with zero attached hydrogens (tertiary/aromatic N) is 3. The molecule has 0 radical (unpaired) electrons. The SMILES string of the molecule is CCOCc1cc(CCCOc2c(C)cc(-c3noc(C)n3)cc2C)on1. The maximum absolute atomic E-state index is 6.01. The van der Waals surface area contributed by atoms with Crippen LogP contribution in [0.4, 0.5) is 0 Å². The molecule has 0 aliphatic rings. The summed E-state index contributed by atoms with van der Waals surface area (Å²) in [4.78, 5) is 4.28. The van der Waals surface area contributed by atoms with Gasteiger partial charge < -0.3 is 18.5 Å². The minimum absolute atomic E-state index is 0.487. The number of ether oxygens (including phenoxy) is 2. The Morgan fingerprint density at radius 1 is 1.00 bits per heavy atom. The zero-order valence-corrected chi connectivity index (χ0v) is 16.2. The van der Waals surface area contributed by atoms with Crippen LogP contribution in [0.15, 0.2) is 27.2 Å². The van der Waals surface area contributed by atoms with E-state index in [1.165, 1.54) is 0 Å². The van der Waals surface area contributed by atoms with Crippen LogP contribution >= 0.6 is 0 Å². The summed E-state index contributed by atoms with van der Waals surface area (Å²) in [6.45, 7) is 9.54. The molecule has 7 nitrogen and oxygen atoms in total. The fourth-order valence-corrected chi connectivity index (χ4v) is 2.89. The molecule has 0 fully saturated rings. The molecule has 27 heavy (non-hydrogen) atoms. The second-order valence-electron chi connectivity index (χ2n) is 6.45. The summed E-state index contributed by atoms with van der Waals surface area (Å²) in [5, 5.41) is 7.97. The summed E-state index contributed by atoms with van der Waals surface area (Å²) in [6.07, 6.45) is 1.62. The van der Waals surface area contributed by atoms with Crippen molar-refractivity contribution in [2.45, 2.75) is 47.1 Å². The summed E-state index contributed by atoms with van der Waals surface area (Å²) in [7, 11) is 0. The number of rotatable bonds is 9. The van der Waals surface area contributed by atoms with Gasteiger partial charge in [0.05, 0.1) is 13.2 Å². The van der Waals surface area contributed by atoms with Gasteiger partial charge in [-0.05, 0) is 50.5 Å². The van der Waals surface area contributed by atoms with Gasteiger partial charge in [0, 0.05) is 31.6 Å².